The van der Waals surface area contributed by atoms with Crippen molar-refractivity contribution in [1.82, 2.24) is 5.01 Å². The van der Waals surface area contributed by atoms with Crippen LogP contribution in [0.15, 0.2) is 53.6 Å². The van der Waals surface area contributed by atoms with Crippen LogP contribution < -0.4 is 10.1 Å². The van der Waals surface area contributed by atoms with Crippen LogP contribution >= 0.6 is 35.2 Å². The van der Waals surface area contributed by atoms with E-state index in [0.29, 0.717) is 16.7 Å². The third-order valence-corrected chi connectivity index (χ3v) is 6.59. The SMILES string of the molecule is COc1ccc(CN2N=C(c3ccc(Cl)cc3)c3c(sc(C)c3C)NC2=S)cc1. The van der Waals surface area contributed by atoms with Gasteiger partial charge in [-0.05, 0) is 61.5 Å². The lowest BCUT2D eigenvalue weighted by molar-refractivity contribution is 0.413. The van der Waals surface area contributed by atoms with Crippen molar-refractivity contribution in [1.29, 1.82) is 0 Å². The topological polar surface area (TPSA) is 36.9 Å². The Kier molecular flexibility index (Phi) is 5.58. The van der Waals surface area contributed by atoms with E-state index in [4.69, 9.17) is 33.7 Å². The second-order valence-corrected chi connectivity index (χ2v) is 8.83. The first-order valence-electron chi connectivity index (χ1n) is 9.12. The summed E-state index contributed by atoms with van der Waals surface area (Å²) in [5, 5.41) is 12.5. The molecule has 0 fully saturated rings. The summed E-state index contributed by atoms with van der Waals surface area (Å²) < 4.78 is 5.25. The first kappa shape index (κ1) is 19.9. The van der Waals surface area contributed by atoms with E-state index in [1.54, 1.807) is 18.4 Å². The number of thiophene rings is 1. The Labute approximate surface area is 184 Å². The fourth-order valence-corrected chi connectivity index (χ4v) is 4.66. The van der Waals surface area contributed by atoms with Gasteiger partial charge in [0.05, 0.1) is 13.7 Å². The molecule has 1 aromatic heterocycles. The second kappa shape index (κ2) is 8.14. The number of anilines is 1. The largest absolute Gasteiger partial charge is 0.497 e. The van der Waals surface area contributed by atoms with Crippen molar-refractivity contribution in [2.75, 3.05) is 12.4 Å². The maximum Gasteiger partial charge on any atom is 0.195 e. The quantitative estimate of drug-likeness (QED) is 0.504. The highest BCUT2D eigenvalue weighted by molar-refractivity contribution is 7.80. The normalized spacial score (nSPS) is 13.4. The number of thiocarbonyl (C=S) groups is 1. The van der Waals surface area contributed by atoms with E-state index in [-0.39, 0.29) is 0 Å². The molecule has 1 aliphatic rings. The van der Waals surface area contributed by atoms with Crippen LogP contribution in [-0.2, 0) is 6.54 Å². The fraction of sp³-hybridized carbons (Fsp3) is 0.182. The summed E-state index contributed by atoms with van der Waals surface area (Å²) in [7, 11) is 1.66. The van der Waals surface area contributed by atoms with E-state index in [2.05, 4.69) is 19.2 Å². The molecule has 1 N–H and O–H groups in total. The summed E-state index contributed by atoms with van der Waals surface area (Å²) in [6.45, 7) is 4.80. The first-order valence-corrected chi connectivity index (χ1v) is 10.7. The highest BCUT2D eigenvalue weighted by atomic mass is 35.5. The van der Waals surface area contributed by atoms with E-state index in [1.165, 1.54) is 10.4 Å². The molecule has 0 radical (unpaired) electrons. The molecule has 2 aromatic carbocycles. The summed E-state index contributed by atoms with van der Waals surface area (Å²) >= 11 is 13.5. The molecule has 0 saturated heterocycles. The maximum atomic E-state index is 6.11. The van der Waals surface area contributed by atoms with Crippen LogP contribution in [-0.4, -0.2) is 22.9 Å². The number of ether oxygens (including phenoxy) is 1. The molecule has 7 heteroatoms. The van der Waals surface area contributed by atoms with Crippen molar-refractivity contribution in [3.63, 3.8) is 0 Å². The van der Waals surface area contributed by atoms with Gasteiger partial charge in [0.1, 0.15) is 16.5 Å². The van der Waals surface area contributed by atoms with Crippen molar-refractivity contribution in [3.05, 3.63) is 80.7 Å². The predicted octanol–water partition coefficient (Wildman–Crippen LogP) is 5.99. The molecule has 2 heterocycles. The molecule has 3 aromatic rings. The van der Waals surface area contributed by atoms with Gasteiger partial charge in [-0.1, -0.05) is 35.9 Å². The van der Waals surface area contributed by atoms with Gasteiger partial charge in [0, 0.05) is 21.0 Å². The number of hydrogen-bond acceptors (Lipinski definition) is 4. The highest BCUT2D eigenvalue weighted by Crippen LogP contribution is 2.36. The molecule has 0 amide bonds. The van der Waals surface area contributed by atoms with Crippen LogP contribution in [0.25, 0.3) is 0 Å². The first-order chi connectivity index (χ1) is 14.0. The molecule has 148 valence electrons. The van der Waals surface area contributed by atoms with Gasteiger partial charge >= 0.3 is 0 Å². The minimum Gasteiger partial charge on any atom is -0.497 e. The van der Waals surface area contributed by atoms with Crippen molar-refractivity contribution >= 4 is 51.0 Å². The van der Waals surface area contributed by atoms with Gasteiger partial charge in [0.25, 0.3) is 0 Å². The zero-order valence-corrected chi connectivity index (χ0v) is 18.7. The van der Waals surface area contributed by atoms with Crippen LogP contribution in [0.3, 0.4) is 0 Å². The Balaban J connectivity index is 1.79. The number of benzene rings is 2. The number of nitrogens with zero attached hydrogens (tertiary/aromatic N) is 2. The van der Waals surface area contributed by atoms with Crippen molar-refractivity contribution in [2.24, 2.45) is 5.10 Å². The third kappa shape index (κ3) is 4.01. The van der Waals surface area contributed by atoms with Crippen molar-refractivity contribution in [3.8, 4) is 5.75 Å². The van der Waals surface area contributed by atoms with Gasteiger partial charge in [-0.15, -0.1) is 11.3 Å². The highest BCUT2D eigenvalue weighted by Gasteiger charge is 2.26. The lowest BCUT2D eigenvalue weighted by Gasteiger charge is -2.19. The molecule has 4 nitrogen and oxygen atoms in total. The summed E-state index contributed by atoms with van der Waals surface area (Å²) in [5.74, 6) is 0.823. The molecular formula is C22H20ClN3OS2. The average Bonchev–Trinajstić information content (AvgIpc) is 2.91. The Morgan fingerprint density at radius 2 is 1.79 bits per heavy atom. The number of methoxy groups -OCH3 is 1. The van der Waals surface area contributed by atoms with E-state index >= 15 is 0 Å². The fourth-order valence-electron chi connectivity index (χ4n) is 3.20. The molecule has 0 unspecified atom stereocenters. The Hall–Kier alpha value is -2.41. The molecule has 1 aliphatic heterocycles. The third-order valence-electron chi connectivity index (χ3n) is 4.91. The average molecular weight is 442 g/mol. The number of aryl methyl sites for hydroxylation is 1. The lowest BCUT2D eigenvalue weighted by atomic mass is 10.0. The maximum absolute atomic E-state index is 6.11. The molecule has 0 saturated carbocycles. The van der Waals surface area contributed by atoms with Crippen LogP contribution in [0.5, 0.6) is 5.75 Å². The number of nitrogens with one attached hydrogen (secondary N) is 1. The molecule has 0 aliphatic carbocycles. The standard InChI is InChI=1S/C22H20ClN3OS2/c1-13-14(2)29-21-19(13)20(16-6-8-17(23)9-7-16)25-26(22(28)24-21)12-15-4-10-18(27-3)11-5-15/h4-11H,12H2,1-3H3,(H,24,28). The summed E-state index contributed by atoms with van der Waals surface area (Å²) in [6.07, 6.45) is 0. The zero-order chi connectivity index (χ0) is 20.5. The van der Waals surface area contributed by atoms with E-state index in [9.17, 15) is 0 Å². The molecule has 0 spiro atoms. The smallest absolute Gasteiger partial charge is 0.195 e. The molecule has 0 atom stereocenters. The molecule has 0 bridgehead atoms. The van der Waals surface area contributed by atoms with Gasteiger partial charge in [0.15, 0.2) is 5.11 Å². The van der Waals surface area contributed by atoms with Crippen molar-refractivity contribution in [2.45, 2.75) is 20.4 Å². The summed E-state index contributed by atoms with van der Waals surface area (Å²) in [6, 6.07) is 15.7. The van der Waals surface area contributed by atoms with E-state index < -0.39 is 0 Å². The van der Waals surface area contributed by atoms with Gasteiger partial charge in [0.2, 0.25) is 0 Å². The molecule has 29 heavy (non-hydrogen) atoms. The minimum absolute atomic E-state index is 0.555. The second-order valence-electron chi connectivity index (χ2n) is 6.78. The summed E-state index contributed by atoms with van der Waals surface area (Å²) in [4.78, 5) is 1.25. The van der Waals surface area contributed by atoms with Crippen molar-refractivity contribution < 1.29 is 4.74 Å². The van der Waals surface area contributed by atoms with E-state index in [0.717, 1.165) is 33.2 Å². The monoisotopic (exact) mass is 441 g/mol. The number of hydrazone groups is 1. The van der Waals surface area contributed by atoms with Crippen LogP contribution in [0, 0.1) is 13.8 Å². The van der Waals surface area contributed by atoms with E-state index in [1.807, 2.05) is 53.5 Å². The number of fused-ring (bicyclic) bond motifs is 1. The lowest BCUT2D eigenvalue weighted by Crippen LogP contribution is -2.29. The molecular weight excluding hydrogens is 422 g/mol. The minimum atomic E-state index is 0.555. The Morgan fingerprint density at radius 1 is 1.10 bits per heavy atom. The van der Waals surface area contributed by atoms with Crippen LogP contribution in [0.2, 0.25) is 5.02 Å². The number of halogens is 1. The van der Waals surface area contributed by atoms with Gasteiger partial charge in [-0.2, -0.15) is 5.10 Å². The summed E-state index contributed by atoms with van der Waals surface area (Å²) in [5.41, 5.74) is 5.28. The zero-order valence-electron chi connectivity index (χ0n) is 16.3. The number of hydrogen-bond donors (Lipinski definition) is 1. The molecule has 4 rings (SSSR count). The van der Waals surface area contributed by atoms with Crippen LogP contribution in [0.4, 0.5) is 5.00 Å². The van der Waals surface area contributed by atoms with Gasteiger partial charge in [-0.3, -0.25) is 0 Å². The predicted molar refractivity (Wildman–Crippen MR) is 126 cm³/mol. The van der Waals surface area contributed by atoms with Crippen LogP contribution in [0.1, 0.15) is 27.1 Å². The Bertz CT molecular complexity index is 1090. The van der Waals surface area contributed by atoms with Gasteiger partial charge in [-0.25, -0.2) is 5.01 Å². The number of rotatable bonds is 4. The van der Waals surface area contributed by atoms with Gasteiger partial charge < -0.3 is 10.1 Å². The Morgan fingerprint density at radius 3 is 2.45 bits per heavy atom.